The number of hydrogen-bond acceptors (Lipinski definition) is 3. The van der Waals surface area contributed by atoms with E-state index in [9.17, 15) is 4.39 Å². The Labute approximate surface area is 87.6 Å². The van der Waals surface area contributed by atoms with E-state index in [1.807, 2.05) is 0 Å². The Hall–Kier alpha value is -1.07. The highest BCUT2D eigenvalue weighted by Gasteiger charge is 2.22. The van der Waals surface area contributed by atoms with Crippen LogP contribution in [0.5, 0.6) is 5.75 Å². The highest BCUT2D eigenvalue weighted by Crippen LogP contribution is 2.29. The first kappa shape index (κ1) is 10.5. The van der Waals surface area contributed by atoms with Gasteiger partial charge in [-0.2, -0.15) is 0 Å². The maximum Gasteiger partial charge on any atom is 0.488 e. The summed E-state index contributed by atoms with van der Waals surface area (Å²) in [6.45, 7) is 0.540. The first-order chi connectivity index (χ1) is 7.16. The normalized spacial score (nSPS) is 15.1. The van der Waals surface area contributed by atoms with E-state index in [0.29, 0.717) is 12.5 Å². The van der Waals surface area contributed by atoms with Gasteiger partial charge < -0.3 is 14.8 Å². The van der Waals surface area contributed by atoms with E-state index in [1.54, 1.807) is 0 Å². The molecule has 0 aliphatic heterocycles. The molecule has 80 valence electrons. The van der Waals surface area contributed by atoms with Crippen molar-refractivity contribution in [3.63, 3.8) is 0 Å². The van der Waals surface area contributed by atoms with Gasteiger partial charge >= 0.3 is 7.12 Å². The van der Waals surface area contributed by atoms with Crippen molar-refractivity contribution in [2.24, 2.45) is 5.92 Å². The van der Waals surface area contributed by atoms with Gasteiger partial charge in [0.15, 0.2) is 11.6 Å². The highest BCUT2D eigenvalue weighted by atomic mass is 19.1. The van der Waals surface area contributed by atoms with E-state index in [4.69, 9.17) is 14.8 Å². The van der Waals surface area contributed by atoms with Gasteiger partial charge in [-0.25, -0.2) is 4.39 Å². The van der Waals surface area contributed by atoms with E-state index in [2.05, 4.69) is 0 Å². The number of hydrogen-bond donors (Lipinski definition) is 2. The van der Waals surface area contributed by atoms with Crippen molar-refractivity contribution in [2.75, 3.05) is 6.61 Å². The first-order valence-electron chi connectivity index (χ1n) is 4.95. The van der Waals surface area contributed by atoms with Crippen LogP contribution in [0, 0.1) is 11.7 Å². The van der Waals surface area contributed by atoms with E-state index in [0.717, 1.165) is 18.9 Å². The summed E-state index contributed by atoms with van der Waals surface area (Å²) in [5.41, 5.74) is 0.131. The van der Waals surface area contributed by atoms with Gasteiger partial charge in [-0.1, -0.05) is 6.07 Å². The fraction of sp³-hybridized carbons (Fsp3) is 0.400. The predicted octanol–water partition coefficient (Wildman–Crippen LogP) is 0.294. The zero-order valence-corrected chi connectivity index (χ0v) is 8.19. The van der Waals surface area contributed by atoms with Crippen molar-refractivity contribution in [1.82, 2.24) is 0 Å². The molecular weight excluding hydrogens is 198 g/mol. The molecule has 1 fully saturated rings. The minimum Gasteiger partial charge on any atom is -0.490 e. The molecule has 0 bridgehead atoms. The Balaban J connectivity index is 2.04. The number of benzene rings is 1. The molecule has 0 aromatic heterocycles. The first-order valence-corrected chi connectivity index (χ1v) is 4.95. The Morgan fingerprint density at radius 1 is 1.40 bits per heavy atom. The molecule has 0 atom stereocenters. The molecule has 0 spiro atoms. The Morgan fingerprint density at radius 2 is 2.13 bits per heavy atom. The molecule has 0 heterocycles. The average Bonchev–Trinajstić information content (AvgIpc) is 2.99. The fourth-order valence-corrected chi connectivity index (χ4v) is 1.29. The lowest BCUT2D eigenvalue weighted by Gasteiger charge is -2.07. The van der Waals surface area contributed by atoms with Gasteiger partial charge in [-0.3, -0.25) is 0 Å². The lowest BCUT2D eigenvalue weighted by Crippen LogP contribution is -2.30. The maximum atomic E-state index is 13.3. The summed E-state index contributed by atoms with van der Waals surface area (Å²) < 4.78 is 18.6. The number of ether oxygens (including phenoxy) is 1. The van der Waals surface area contributed by atoms with Crippen LogP contribution in [0.25, 0.3) is 0 Å². The Bertz CT molecular complexity index is 353. The minimum absolute atomic E-state index is 0.131. The second-order valence-corrected chi connectivity index (χ2v) is 3.82. The molecule has 0 radical (unpaired) electrons. The van der Waals surface area contributed by atoms with Crippen LogP contribution in [0.4, 0.5) is 4.39 Å². The fourth-order valence-electron chi connectivity index (χ4n) is 1.29. The maximum absolute atomic E-state index is 13.3. The van der Waals surface area contributed by atoms with Crippen molar-refractivity contribution < 1.29 is 19.2 Å². The van der Waals surface area contributed by atoms with Gasteiger partial charge in [0.2, 0.25) is 0 Å². The van der Waals surface area contributed by atoms with Crippen LogP contribution in [-0.4, -0.2) is 23.8 Å². The number of rotatable bonds is 4. The van der Waals surface area contributed by atoms with Crippen LogP contribution in [-0.2, 0) is 0 Å². The van der Waals surface area contributed by atoms with E-state index < -0.39 is 12.9 Å². The van der Waals surface area contributed by atoms with Crippen LogP contribution in [0.2, 0.25) is 0 Å². The monoisotopic (exact) mass is 210 g/mol. The molecule has 1 aromatic rings. The molecule has 15 heavy (non-hydrogen) atoms. The van der Waals surface area contributed by atoms with Crippen LogP contribution in [0.15, 0.2) is 18.2 Å². The van der Waals surface area contributed by atoms with Gasteiger partial charge in [0.05, 0.1) is 6.61 Å². The van der Waals surface area contributed by atoms with Gasteiger partial charge in [0.1, 0.15) is 0 Å². The standard InChI is InChI=1S/C10H12BFO3/c12-9-5-8(11(13)14)3-4-10(9)15-6-7-1-2-7/h3-5,7,13-14H,1-2,6H2. The van der Waals surface area contributed by atoms with Crippen LogP contribution >= 0.6 is 0 Å². The van der Waals surface area contributed by atoms with Crippen molar-refractivity contribution in [3.8, 4) is 5.75 Å². The van der Waals surface area contributed by atoms with Gasteiger partial charge in [-0.05, 0) is 36.4 Å². The molecular formula is C10H12BFO3. The summed E-state index contributed by atoms with van der Waals surface area (Å²) in [5, 5.41) is 17.6. The molecule has 3 nitrogen and oxygen atoms in total. The van der Waals surface area contributed by atoms with Crippen LogP contribution < -0.4 is 10.2 Å². The third-order valence-electron chi connectivity index (χ3n) is 2.43. The van der Waals surface area contributed by atoms with E-state index in [-0.39, 0.29) is 11.2 Å². The highest BCUT2D eigenvalue weighted by molar-refractivity contribution is 6.58. The molecule has 1 aromatic carbocycles. The molecule has 2 N–H and O–H groups in total. The third-order valence-corrected chi connectivity index (χ3v) is 2.43. The van der Waals surface area contributed by atoms with Gasteiger partial charge in [-0.15, -0.1) is 0 Å². The predicted molar refractivity (Wildman–Crippen MR) is 54.4 cm³/mol. The lowest BCUT2D eigenvalue weighted by molar-refractivity contribution is 0.285. The Kier molecular flexibility index (Phi) is 2.93. The summed E-state index contributed by atoms with van der Waals surface area (Å²) in [6, 6.07) is 3.94. The second kappa shape index (κ2) is 4.20. The molecule has 0 saturated heterocycles. The summed E-state index contributed by atoms with van der Waals surface area (Å²) in [7, 11) is -1.64. The lowest BCUT2D eigenvalue weighted by atomic mass is 9.80. The zero-order chi connectivity index (χ0) is 10.8. The average molecular weight is 210 g/mol. The second-order valence-electron chi connectivity index (χ2n) is 3.82. The molecule has 2 rings (SSSR count). The smallest absolute Gasteiger partial charge is 0.488 e. The molecule has 0 amide bonds. The van der Waals surface area contributed by atoms with Crippen LogP contribution in [0.3, 0.4) is 0 Å². The Morgan fingerprint density at radius 3 is 2.67 bits per heavy atom. The van der Waals surface area contributed by atoms with Crippen molar-refractivity contribution in [1.29, 1.82) is 0 Å². The molecule has 1 aliphatic rings. The quantitative estimate of drug-likeness (QED) is 0.702. The molecule has 1 saturated carbocycles. The molecule has 5 heteroatoms. The van der Waals surface area contributed by atoms with Crippen molar-refractivity contribution >= 4 is 12.6 Å². The van der Waals surface area contributed by atoms with Gasteiger partial charge in [0, 0.05) is 0 Å². The summed E-state index contributed by atoms with van der Waals surface area (Å²) >= 11 is 0. The topological polar surface area (TPSA) is 49.7 Å². The van der Waals surface area contributed by atoms with Gasteiger partial charge in [0.25, 0.3) is 0 Å². The van der Waals surface area contributed by atoms with E-state index >= 15 is 0 Å². The van der Waals surface area contributed by atoms with Crippen molar-refractivity contribution in [2.45, 2.75) is 12.8 Å². The van der Waals surface area contributed by atoms with Crippen molar-refractivity contribution in [3.05, 3.63) is 24.0 Å². The zero-order valence-electron chi connectivity index (χ0n) is 8.19. The minimum atomic E-state index is -1.64. The largest absolute Gasteiger partial charge is 0.490 e. The third kappa shape index (κ3) is 2.70. The van der Waals surface area contributed by atoms with Crippen LogP contribution in [0.1, 0.15) is 12.8 Å². The number of halogens is 1. The summed E-state index contributed by atoms with van der Waals surface area (Å²) in [4.78, 5) is 0. The summed E-state index contributed by atoms with van der Waals surface area (Å²) in [5.74, 6) is 0.181. The SMILES string of the molecule is OB(O)c1ccc(OCC2CC2)c(F)c1. The summed E-state index contributed by atoms with van der Waals surface area (Å²) in [6.07, 6.45) is 2.30. The van der Waals surface area contributed by atoms with E-state index in [1.165, 1.54) is 12.1 Å². The molecule has 0 unspecified atom stereocenters. The molecule has 1 aliphatic carbocycles.